The van der Waals surface area contributed by atoms with Gasteiger partial charge in [-0.1, -0.05) is 44.2 Å². The van der Waals surface area contributed by atoms with Crippen LogP contribution in [0.3, 0.4) is 0 Å². The number of carbonyl (C=O) groups excluding carboxylic acids is 1. The minimum atomic E-state index is -0.789. The van der Waals surface area contributed by atoms with Gasteiger partial charge in [-0.3, -0.25) is 14.5 Å². The molecule has 4 aliphatic rings. The molecule has 10 nitrogen and oxygen atoms in total. The third-order valence-corrected chi connectivity index (χ3v) is 10.2. The number of hydrogen-bond donors (Lipinski definition) is 1. The number of hydrogen-bond acceptors (Lipinski definition) is 7. The summed E-state index contributed by atoms with van der Waals surface area (Å²) in [5, 5.41) is 10.4. The van der Waals surface area contributed by atoms with Crippen LogP contribution >= 0.6 is 0 Å². The highest BCUT2D eigenvalue weighted by molar-refractivity contribution is 5.79. The highest BCUT2D eigenvalue weighted by Gasteiger charge is 2.46. The summed E-state index contributed by atoms with van der Waals surface area (Å²) in [6.07, 6.45) is 7.92. The molecule has 2 atom stereocenters. The van der Waals surface area contributed by atoms with Crippen molar-refractivity contribution in [3.8, 4) is 0 Å². The Morgan fingerprint density at radius 1 is 0.930 bits per heavy atom. The molecule has 0 spiro atoms. The lowest BCUT2D eigenvalue weighted by Crippen LogP contribution is -2.57. The number of fused-ring (bicyclic) bond motifs is 2. The van der Waals surface area contributed by atoms with E-state index in [1.807, 2.05) is 49.6 Å². The Hall–Kier alpha value is -3.14. The topological polar surface area (TPSA) is 108 Å². The first-order chi connectivity index (χ1) is 20.6. The Balaban J connectivity index is 1.21. The SMILES string of the molecule is CC(C)(C)OC(=O)N1CC2CN(c3nc4ccccc4n(C4CCN(C5(C(=O)O)CCCCCCC5)CC4)c3=O)C[C@@H]2C1. The Kier molecular flexibility index (Phi) is 8.17. The van der Waals surface area contributed by atoms with Gasteiger partial charge in [-0.25, -0.2) is 9.78 Å². The number of rotatable bonds is 4. The molecular formula is C33H47N5O5. The summed E-state index contributed by atoms with van der Waals surface area (Å²) in [6, 6.07) is 7.84. The summed E-state index contributed by atoms with van der Waals surface area (Å²) in [5.41, 5.74) is 0.251. The molecule has 0 bridgehead atoms. The molecule has 43 heavy (non-hydrogen) atoms. The second-order valence-corrected chi connectivity index (χ2v) is 14.2. The fourth-order valence-corrected chi connectivity index (χ4v) is 8.06. The van der Waals surface area contributed by atoms with E-state index in [4.69, 9.17) is 9.72 Å². The maximum absolute atomic E-state index is 14.2. The largest absolute Gasteiger partial charge is 0.480 e. The number of carboxylic acid groups (broad SMARTS) is 1. The standard InChI is InChI=1S/C33H47N5O5/c1-32(2,3)43-31(42)36-21-23-19-35(20-24(23)22-36)28-29(39)38(27-12-8-7-11-26(27)34-28)25-13-17-37(18-14-25)33(30(40)41)15-9-5-4-6-10-16-33/h7-8,11-12,23-25H,4-6,9-10,13-22H2,1-3H3,(H,40,41)/t23-,24?/m1/s1. The van der Waals surface area contributed by atoms with Crippen molar-refractivity contribution in [3.05, 3.63) is 34.6 Å². The molecule has 10 heteroatoms. The van der Waals surface area contributed by atoms with Gasteiger partial charge in [0.05, 0.1) is 11.0 Å². The molecule has 1 aromatic heterocycles. The van der Waals surface area contributed by atoms with Crippen molar-refractivity contribution in [1.29, 1.82) is 0 Å². The van der Waals surface area contributed by atoms with Crippen molar-refractivity contribution in [1.82, 2.24) is 19.4 Å². The molecule has 4 fully saturated rings. The van der Waals surface area contributed by atoms with E-state index in [0.29, 0.717) is 57.9 Å². The molecule has 4 heterocycles. The van der Waals surface area contributed by atoms with Gasteiger partial charge in [-0.05, 0) is 58.6 Å². The third-order valence-electron chi connectivity index (χ3n) is 10.2. The highest BCUT2D eigenvalue weighted by atomic mass is 16.6. The lowest BCUT2D eigenvalue weighted by molar-refractivity contribution is -0.154. The second kappa shape index (κ2) is 11.7. The quantitative estimate of drug-likeness (QED) is 0.533. The van der Waals surface area contributed by atoms with Crippen LogP contribution in [0, 0.1) is 11.8 Å². The molecule has 6 rings (SSSR count). The summed E-state index contributed by atoms with van der Waals surface area (Å²) in [4.78, 5) is 50.6. The molecule has 1 aromatic carbocycles. The number of amides is 1. The summed E-state index contributed by atoms with van der Waals surface area (Å²) in [5.74, 6) is 0.341. The molecule has 1 unspecified atom stereocenters. The van der Waals surface area contributed by atoms with E-state index < -0.39 is 17.1 Å². The van der Waals surface area contributed by atoms with Crippen molar-refractivity contribution >= 4 is 28.9 Å². The van der Waals surface area contributed by atoms with E-state index in [0.717, 1.165) is 49.6 Å². The average molecular weight is 594 g/mol. The molecule has 3 saturated heterocycles. The minimum absolute atomic E-state index is 0.0143. The fourth-order valence-electron chi connectivity index (χ4n) is 8.06. The predicted octanol–water partition coefficient (Wildman–Crippen LogP) is 4.90. The van der Waals surface area contributed by atoms with E-state index in [2.05, 4.69) is 9.80 Å². The molecule has 0 radical (unpaired) electrons. The van der Waals surface area contributed by atoms with Crippen LogP contribution in [0.15, 0.2) is 29.1 Å². The highest BCUT2D eigenvalue weighted by Crippen LogP contribution is 2.38. The molecule has 2 aromatic rings. The van der Waals surface area contributed by atoms with Gasteiger partial charge in [0.25, 0.3) is 5.56 Å². The van der Waals surface area contributed by atoms with Crippen molar-refractivity contribution in [2.75, 3.05) is 44.2 Å². The van der Waals surface area contributed by atoms with Crippen LogP contribution in [0.1, 0.15) is 84.6 Å². The number of anilines is 1. The van der Waals surface area contributed by atoms with Gasteiger partial charge in [-0.2, -0.15) is 0 Å². The monoisotopic (exact) mass is 593 g/mol. The Bertz CT molecular complexity index is 1390. The lowest BCUT2D eigenvalue weighted by Gasteiger charge is -2.45. The van der Waals surface area contributed by atoms with E-state index in [9.17, 15) is 19.5 Å². The molecule has 1 aliphatic carbocycles. The van der Waals surface area contributed by atoms with E-state index in [1.54, 1.807) is 4.90 Å². The van der Waals surface area contributed by atoms with Crippen LogP contribution < -0.4 is 10.5 Å². The van der Waals surface area contributed by atoms with Crippen molar-refractivity contribution in [3.63, 3.8) is 0 Å². The van der Waals surface area contributed by atoms with Crippen molar-refractivity contribution in [2.45, 2.75) is 95.7 Å². The number of para-hydroxylation sites is 2. The predicted molar refractivity (Wildman–Crippen MR) is 166 cm³/mol. The van der Waals surface area contributed by atoms with Crippen molar-refractivity contribution < 1.29 is 19.4 Å². The maximum Gasteiger partial charge on any atom is 0.410 e. The maximum atomic E-state index is 14.2. The van der Waals surface area contributed by atoms with Crippen LogP contribution in [0.5, 0.6) is 0 Å². The van der Waals surface area contributed by atoms with Gasteiger partial charge < -0.3 is 24.2 Å². The van der Waals surface area contributed by atoms with Gasteiger partial charge in [0.15, 0.2) is 5.82 Å². The number of benzene rings is 1. The summed E-state index contributed by atoms with van der Waals surface area (Å²) in [6.45, 7) is 9.61. The zero-order chi connectivity index (χ0) is 30.4. The minimum Gasteiger partial charge on any atom is -0.480 e. The average Bonchev–Trinajstić information content (AvgIpc) is 3.52. The Morgan fingerprint density at radius 3 is 2.14 bits per heavy atom. The van der Waals surface area contributed by atoms with Gasteiger partial charge in [-0.15, -0.1) is 0 Å². The summed E-state index contributed by atoms with van der Waals surface area (Å²) in [7, 11) is 0. The molecule has 234 valence electrons. The summed E-state index contributed by atoms with van der Waals surface area (Å²) < 4.78 is 7.54. The smallest absolute Gasteiger partial charge is 0.410 e. The molecule has 3 aliphatic heterocycles. The zero-order valence-electron chi connectivity index (χ0n) is 26.0. The molecular weight excluding hydrogens is 546 g/mol. The van der Waals surface area contributed by atoms with Crippen LogP contribution in [0.25, 0.3) is 11.0 Å². The fraction of sp³-hybridized carbons (Fsp3) is 0.697. The lowest BCUT2D eigenvalue weighted by atomic mass is 9.81. The number of ether oxygens (including phenoxy) is 1. The van der Waals surface area contributed by atoms with Gasteiger partial charge in [0.2, 0.25) is 0 Å². The van der Waals surface area contributed by atoms with Gasteiger partial charge >= 0.3 is 12.1 Å². The number of nitrogens with zero attached hydrogens (tertiary/aromatic N) is 5. The van der Waals surface area contributed by atoms with E-state index in [1.165, 1.54) is 6.42 Å². The third kappa shape index (κ3) is 5.87. The number of aromatic nitrogens is 2. The van der Waals surface area contributed by atoms with Crippen LogP contribution in [0.4, 0.5) is 10.6 Å². The number of carboxylic acids is 1. The first-order valence-electron chi connectivity index (χ1n) is 16.3. The summed E-state index contributed by atoms with van der Waals surface area (Å²) >= 11 is 0. The number of likely N-dealkylation sites (tertiary alicyclic amines) is 2. The van der Waals surface area contributed by atoms with Gasteiger partial charge in [0, 0.05) is 57.1 Å². The number of aliphatic carboxylic acids is 1. The van der Waals surface area contributed by atoms with Crippen LogP contribution in [-0.4, -0.2) is 86.9 Å². The first-order valence-corrected chi connectivity index (χ1v) is 16.3. The first kappa shape index (κ1) is 29.9. The van der Waals surface area contributed by atoms with Gasteiger partial charge in [0.1, 0.15) is 11.1 Å². The molecule has 1 N–H and O–H groups in total. The van der Waals surface area contributed by atoms with E-state index in [-0.39, 0.29) is 29.5 Å². The Morgan fingerprint density at radius 2 is 1.53 bits per heavy atom. The molecule has 1 amide bonds. The van der Waals surface area contributed by atoms with Crippen molar-refractivity contribution in [2.24, 2.45) is 11.8 Å². The Labute approximate surface area is 254 Å². The number of carbonyl (C=O) groups is 2. The van der Waals surface area contributed by atoms with Crippen LogP contribution in [-0.2, 0) is 9.53 Å². The van der Waals surface area contributed by atoms with Crippen LogP contribution in [0.2, 0.25) is 0 Å². The normalized spacial score (nSPS) is 25.4. The molecule has 1 saturated carbocycles. The second-order valence-electron chi connectivity index (χ2n) is 14.2. The number of piperidine rings is 1. The van der Waals surface area contributed by atoms with E-state index >= 15 is 0 Å². The zero-order valence-corrected chi connectivity index (χ0v) is 26.0.